The van der Waals surface area contributed by atoms with E-state index < -0.39 is 0 Å². The predicted molar refractivity (Wildman–Crippen MR) is 58.3 cm³/mol. The zero-order chi connectivity index (χ0) is 8.97. The smallest absolute Gasteiger partial charge is 0.154 e. The van der Waals surface area contributed by atoms with Crippen molar-refractivity contribution < 1.29 is 4.74 Å². The van der Waals surface area contributed by atoms with Gasteiger partial charge in [0.1, 0.15) is 5.75 Å². The van der Waals surface area contributed by atoms with Crippen molar-refractivity contribution in [2.45, 2.75) is 12.2 Å². The maximum atomic E-state index is 5.21. The number of benzene rings is 1. The summed E-state index contributed by atoms with van der Waals surface area (Å²) in [6.45, 7) is 2.15. The van der Waals surface area contributed by atoms with Crippen LogP contribution in [0.3, 0.4) is 0 Å². The fourth-order valence-electron chi connectivity index (χ4n) is 1.16. The summed E-state index contributed by atoms with van der Waals surface area (Å²) in [5.41, 5.74) is 2.57. The van der Waals surface area contributed by atoms with E-state index >= 15 is 0 Å². The lowest BCUT2D eigenvalue weighted by atomic mass is 9.73. The predicted octanol–water partition coefficient (Wildman–Crippen LogP) is 1.70. The first-order valence-corrected chi connectivity index (χ1v) is 5.15. The van der Waals surface area contributed by atoms with E-state index in [1.807, 2.05) is 6.07 Å². The normalized spacial score (nSPS) is 9.58. The van der Waals surface area contributed by atoms with Gasteiger partial charge in [0.15, 0.2) is 7.28 Å². The molecule has 1 nitrogen and oxygen atoms in total. The number of hydrogen-bond acceptors (Lipinski definition) is 1. The van der Waals surface area contributed by atoms with Gasteiger partial charge in [-0.3, -0.25) is 0 Å². The lowest BCUT2D eigenvalue weighted by Crippen LogP contribution is -2.10. The summed E-state index contributed by atoms with van der Waals surface area (Å²) in [5.74, 6) is 0.962. The van der Waals surface area contributed by atoms with Crippen LogP contribution in [0.5, 0.6) is 5.75 Å². The molecule has 64 valence electrons. The molecule has 0 bridgehead atoms. The molecule has 1 rings (SSSR count). The highest BCUT2D eigenvalue weighted by atomic mass is 79.9. The first-order valence-electron chi connectivity index (χ1n) is 4.03. The second-order valence-electron chi connectivity index (χ2n) is 2.63. The lowest BCUT2D eigenvalue weighted by molar-refractivity contribution is 0.411. The number of methoxy groups -OCH3 is 1. The number of hydrogen-bond donors (Lipinski definition) is 0. The topological polar surface area (TPSA) is 9.23 Å². The Hall–Kier alpha value is -0.435. The highest BCUT2D eigenvalue weighted by Gasteiger charge is 2.01. The molecule has 0 saturated carbocycles. The van der Waals surface area contributed by atoms with E-state index in [2.05, 4.69) is 34.9 Å². The maximum Gasteiger partial charge on any atom is 0.154 e. The van der Waals surface area contributed by atoms with Gasteiger partial charge >= 0.3 is 0 Å². The monoisotopic (exact) mass is 226 g/mol. The fourth-order valence-corrected chi connectivity index (χ4v) is 1.59. The van der Waals surface area contributed by atoms with Crippen molar-refractivity contribution >= 4 is 28.7 Å². The van der Waals surface area contributed by atoms with Crippen LogP contribution in [-0.4, -0.2) is 14.4 Å². The Balaban J connectivity index is 3.02. The highest BCUT2D eigenvalue weighted by molar-refractivity contribution is 9.08. The summed E-state index contributed by atoms with van der Waals surface area (Å²) in [6, 6.07) is 6.30. The van der Waals surface area contributed by atoms with Crippen molar-refractivity contribution in [1.82, 2.24) is 0 Å². The van der Waals surface area contributed by atoms with Gasteiger partial charge in [-0.2, -0.15) is 0 Å². The van der Waals surface area contributed by atoms with Crippen molar-refractivity contribution in [3.05, 3.63) is 23.8 Å². The van der Waals surface area contributed by atoms with Crippen LogP contribution in [0.2, 0.25) is 6.82 Å². The van der Waals surface area contributed by atoms with Gasteiger partial charge in [0.05, 0.1) is 7.11 Å². The van der Waals surface area contributed by atoms with E-state index in [0.717, 1.165) is 18.4 Å². The summed E-state index contributed by atoms with van der Waals surface area (Å²) in [7, 11) is 2.77. The van der Waals surface area contributed by atoms with Crippen LogP contribution in [-0.2, 0) is 5.33 Å². The van der Waals surface area contributed by atoms with E-state index in [4.69, 9.17) is 4.74 Å². The summed E-state index contributed by atoms with van der Waals surface area (Å²) in [6.07, 6.45) is 0. The minimum absolute atomic E-state index is 0.851. The zero-order valence-electron chi connectivity index (χ0n) is 7.43. The molecule has 1 aromatic carbocycles. The van der Waals surface area contributed by atoms with Crippen LogP contribution in [0.1, 0.15) is 5.56 Å². The SMILES string of the molecule is CBc1ccc(OC)c(CBr)c1. The first kappa shape index (κ1) is 9.65. The molecule has 0 amide bonds. The molecule has 0 unspecified atom stereocenters. The van der Waals surface area contributed by atoms with Crippen LogP contribution >= 0.6 is 15.9 Å². The van der Waals surface area contributed by atoms with Gasteiger partial charge in [-0.15, -0.1) is 0 Å². The Morgan fingerprint density at radius 3 is 2.75 bits per heavy atom. The average Bonchev–Trinajstić information content (AvgIpc) is 2.16. The quantitative estimate of drug-likeness (QED) is 0.564. The third-order valence-electron chi connectivity index (χ3n) is 1.90. The number of halogens is 1. The first-order chi connectivity index (χ1) is 5.81. The average molecular weight is 227 g/mol. The zero-order valence-corrected chi connectivity index (χ0v) is 9.02. The minimum atomic E-state index is 0.851. The Bertz CT molecular complexity index is 263. The van der Waals surface area contributed by atoms with Crippen LogP contribution in [0.15, 0.2) is 18.2 Å². The molecule has 0 aliphatic rings. The molecule has 0 atom stereocenters. The molecule has 0 N–H and O–H groups in total. The number of rotatable bonds is 3. The second kappa shape index (κ2) is 4.56. The van der Waals surface area contributed by atoms with Crippen molar-refractivity contribution in [1.29, 1.82) is 0 Å². The van der Waals surface area contributed by atoms with Gasteiger partial charge < -0.3 is 4.74 Å². The second-order valence-corrected chi connectivity index (χ2v) is 3.19. The molecule has 0 aliphatic heterocycles. The molecular formula is C9H12BBrO. The Labute approximate surface area is 82.5 Å². The summed E-state index contributed by atoms with van der Waals surface area (Å²) < 4.78 is 5.21. The van der Waals surface area contributed by atoms with Gasteiger partial charge in [0.2, 0.25) is 0 Å². The molecule has 12 heavy (non-hydrogen) atoms. The lowest BCUT2D eigenvalue weighted by Gasteiger charge is -2.06. The molecule has 0 fully saturated rings. The Morgan fingerprint density at radius 1 is 1.50 bits per heavy atom. The minimum Gasteiger partial charge on any atom is -0.496 e. The third kappa shape index (κ3) is 2.04. The summed E-state index contributed by atoms with van der Waals surface area (Å²) in [4.78, 5) is 0. The van der Waals surface area contributed by atoms with Crippen molar-refractivity contribution in [2.75, 3.05) is 7.11 Å². The summed E-state index contributed by atoms with van der Waals surface area (Å²) in [5, 5.41) is 0.851. The molecule has 1 aromatic rings. The molecule has 0 radical (unpaired) electrons. The van der Waals surface area contributed by atoms with E-state index in [-0.39, 0.29) is 0 Å². The van der Waals surface area contributed by atoms with Gasteiger partial charge in [0, 0.05) is 10.9 Å². The van der Waals surface area contributed by atoms with E-state index in [9.17, 15) is 0 Å². The number of alkyl halides is 1. The van der Waals surface area contributed by atoms with Gasteiger partial charge in [-0.1, -0.05) is 40.3 Å². The summed E-state index contributed by atoms with van der Waals surface area (Å²) >= 11 is 3.43. The van der Waals surface area contributed by atoms with Gasteiger partial charge in [-0.25, -0.2) is 0 Å². The largest absolute Gasteiger partial charge is 0.496 e. The molecule has 0 heterocycles. The highest BCUT2D eigenvalue weighted by Crippen LogP contribution is 2.18. The molecule has 0 aliphatic carbocycles. The van der Waals surface area contributed by atoms with Crippen molar-refractivity contribution in [2.24, 2.45) is 0 Å². The molecule has 0 saturated heterocycles. The fraction of sp³-hybridized carbons (Fsp3) is 0.333. The van der Waals surface area contributed by atoms with Crippen LogP contribution in [0.4, 0.5) is 0 Å². The van der Waals surface area contributed by atoms with Gasteiger partial charge in [-0.05, 0) is 6.07 Å². The molecular weight excluding hydrogens is 215 g/mol. The maximum absolute atomic E-state index is 5.21. The van der Waals surface area contributed by atoms with E-state index in [1.54, 1.807) is 7.11 Å². The van der Waals surface area contributed by atoms with E-state index in [1.165, 1.54) is 11.0 Å². The molecule has 0 aromatic heterocycles. The standard InChI is InChI=1S/C9H12BBrO/c1-10-8-3-4-9(12-2)7(5-8)6-11/h3-5,10H,6H2,1-2H3. The van der Waals surface area contributed by atoms with Crippen LogP contribution in [0, 0.1) is 0 Å². The number of ether oxygens (including phenoxy) is 1. The van der Waals surface area contributed by atoms with Crippen LogP contribution < -0.4 is 10.2 Å². The van der Waals surface area contributed by atoms with Gasteiger partial charge in [0.25, 0.3) is 0 Å². The van der Waals surface area contributed by atoms with Crippen molar-refractivity contribution in [3.63, 3.8) is 0 Å². The Morgan fingerprint density at radius 2 is 2.25 bits per heavy atom. The van der Waals surface area contributed by atoms with Crippen molar-refractivity contribution in [3.8, 4) is 5.75 Å². The molecule has 0 spiro atoms. The Kier molecular flexibility index (Phi) is 3.66. The van der Waals surface area contributed by atoms with Crippen LogP contribution in [0.25, 0.3) is 0 Å². The van der Waals surface area contributed by atoms with E-state index in [0.29, 0.717) is 0 Å². The third-order valence-corrected chi connectivity index (χ3v) is 2.50. The molecule has 3 heteroatoms.